The maximum Gasteiger partial charge on any atom is 0.247 e. The van der Waals surface area contributed by atoms with Crippen LogP contribution in [0.2, 0.25) is 0 Å². The summed E-state index contributed by atoms with van der Waals surface area (Å²) in [6.45, 7) is 0.848. The first-order chi connectivity index (χ1) is 9.09. The number of nitrogens with two attached hydrogens (primary N) is 1. The number of hydrogen-bond acceptors (Lipinski definition) is 5. The first-order valence-electron chi connectivity index (χ1n) is 6.07. The smallest absolute Gasteiger partial charge is 0.247 e. The van der Waals surface area contributed by atoms with Crippen molar-refractivity contribution in [1.29, 1.82) is 0 Å². The van der Waals surface area contributed by atoms with Gasteiger partial charge >= 0.3 is 0 Å². The van der Waals surface area contributed by atoms with Crippen molar-refractivity contribution in [3.05, 3.63) is 35.9 Å². The zero-order valence-electron chi connectivity index (χ0n) is 10.7. The lowest BCUT2D eigenvalue weighted by atomic mass is 10.2. The largest absolute Gasteiger partial charge is 0.389 e. The molecule has 19 heavy (non-hydrogen) atoms. The van der Waals surface area contributed by atoms with E-state index >= 15 is 0 Å². The molecule has 1 rings (SSSR count). The first-order valence-corrected chi connectivity index (χ1v) is 6.07. The number of nitrogens with one attached hydrogen (secondary N) is 1. The minimum absolute atomic E-state index is 0.0189. The SMILES string of the molecule is NC(=O)C(O)CNCC(O)COCc1ccccc1. The molecule has 1 aromatic rings. The number of aliphatic hydroxyl groups excluding tert-OH is 2. The molecule has 0 spiro atoms. The van der Waals surface area contributed by atoms with E-state index in [9.17, 15) is 9.90 Å². The van der Waals surface area contributed by atoms with Crippen molar-refractivity contribution in [3.8, 4) is 0 Å². The number of primary amides is 1. The molecular weight excluding hydrogens is 248 g/mol. The van der Waals surface area contributed by atoms with E-state index in [2.05, 4.69) is 5.32 Å². The number of benzene rings is 1. The van der Waals surface area contributed by atoms with Crippen LogP contribution in [0.3, 0.4) is 0 Å². The van der Waals surface area contributed by atoms with Gasteiger partial charge in [-0.15, -0.1) is 0 Å². The number of amides is 1. The van der Waals surface area contributed by atoms with Crippen LogP contribution < -0.4 is 11.1 Å². The molecule has 2 unspecified atom stereocenters. The van der Waals surface area contributed by atoms with Gasteiger partial charge in [-0.2, -0.15) is 0 Å². The van der Waals surface area contributed by atoms with Crippen LogP contribution >= 0.6 is 0 Å². The number of hydrogen-bond donors (Lipinski definition) is 4. The van der Waals surface area contributed by atoms with E-state index < -0.39 is 18.1 Å². The first kappa shape index (κ1) is 15.6. The molecule has 0 aliphatic heterocycles. The van der Waals surface area contributed by atoms with Gasteiger partial charge in [-0.05, 0) is 5.56 Å². The maximum absolute atomic E-state index is 10.5. The molecule has 0 bridgehead atoms. The Morgan fingerprint density at radius 2 is 1.95 bits per heavy atom. The Balaban J connectivity index is 2.08. The van der Waals surface area contributed by atoms with Gasteiger partial charge in [0, 0.05) is 13.1 Å². The molecular formula is C13H20N2O4. The van der Waals surface area contributed by atoms with Gasteiger partial charge in [-0.3, -0.25) is 4.79 Å². The molecule has 0 radical (unpaired) electrons. The normalized spacial score (nSPS) is 14.0. The van der Waals surface area contributed by atoms with Crippen LogP contribution in [-0.2, 0) is 16.1 Å². The molecule has 5 N–H and O–H groups in total. The number of carbonyl (C=O) groups excluding carboxylic acids is 1. The van der Waals surface area contributed by atoms with Crippen molar-refractivity contribution in [2.45, 2.75) is 18.8 Å². The third-order valence-corrected chi connectivity index (χ3v) is 2.47. The van der Waals surface area contributed by atoms with Crippen LogP contribution in [-0.4, -0.2) is 48.0 Å². The predicted molar refractivity (Wildman–Crippen MR) is 70.2 cm³/mol. The minimum atomic E-state index is -1.24. The standard InChI is InChI=1S/C13H20N2O4/c14-13(18)12(17)7-15-6-11(16)9-19-8-10-4-2-1-3-5-10/h1-5,11-12,15-17H,6-9H2,(H2,14,18). The Labute approximate surface area is 112 Å². The van der Waals surface area contributed by atoms with Crippen molar-refractivity contribution in [2.24, 2.45) is 5.73 Å². The summed E-state index contributed by atoms with van der Waals surface area (Å²) in [6, 6.07) is 9.64. The molecule has 1 amide bonds. The maximum atomic E-state index is 10.5. The monoisotopic (exact) mass is 268 g/mol. The summed E-state index contributed by atoms with van der Waals surface area (Å²) in [5.74, 6) is -0.790. The Hall–Kier alpha value is -1.47. The molecule has 0 saturated heterocycles. The van der Waals surface area contributed by atoms with Crippen molar-refractivity contribution < 1.29 is 19.7 Å². The lowest BCUT2D eigenvalue weighted by molar-refractivity contribution is -0.125. The van der Waals surface area contributed by atoms with Crippen molar-refractivity contribution >= 4 is 5.91 Å². The zero-order valence-corrected chi connectivity index (χ0v) is 10.7. The van der Waals surface area contributed by atoms with E-state index in [0.717, 1.165) is 5.56 Å². The van der Waals surface area contributed by atoms with Gasteiger partial charge in [0.1, 0.15) is 6.10 Å². The van der Waals surface area contributed by atoms with Crippen LogP contribution in [0.1, 0.15) is 5.56 Å². The molecule has 0 saturated carbocycles. The molecule has 2 atom stereocenters. The Morgan fingerprint density at radius 1 is 1.26 bits per heavy atom. The van der Waals surface area contributed by atoms with Crippen LogP contribution in [0.15, 0.2) is 30.3 Å². The Bertz CT molecular complexity index is 372. The average molecular weight is 268 g/mol. The number of aliphatic hydroxyl groups is 2. The van der Waals surface area contributed by atoms with Crippen LogP contribution in [0.25, 0.3) is 0 Å². The van der Waals surface area contributed by atoms with Gasteiger partial charge < -0.3 is 26.0 Å². The molecule has 6 heteroatoms. The fourth-order valence-corrected chi connectivity index (χ4v) is 1.43. The minimum Gasteiger partial charge on any atom is -0.389 e. The molecule has 106 valence electrons. The third kappa shape index (κ3) is 6.88. The lowest BCUT2D eigenvalue weighted by Crippen LogP contribution is -2.40. The molecule has 1 aromatic carbocycles. The van der Waals surface area contributed by atoms with Gasteiger partial charge in [0.15, 0.2) is 0 Å². The van der Waals surface area contributed by atoms with Crippen LogP contribution in [0.4, 0.5) is 0 Å². The number of rotatable bonds is 9. The molecule has 0 fully saturated rings. The van der Waals surface area contributed by atoms with Crippen molar-refractivity contribution in [1.82, 2.24) is 5.32 Å². The van der Waals surface area contributed by atoms with Crippen LogP contribution in [0.5, 0.6) is 0 Å². The summed E-state index contributed by atoms with van der Waals surface area (Å²) < 4.78 is 5.34. The summed E-state index contributed by atoms with van der Waals surface area (Å²) in [5, 5.41) is 21.4. The summed E-state index contributed by atoms with van der Waals surface area (Å²) in [4.78, 5) is 10.5. The number of carbonyl (C=O) groups is 1. The fourth-order valence-electron chi connectivity index (χ4n) is 1.43. The molecule has 0 aliphatic carbocycles. The molecule has 0 heterocycles. The van der Waals surface area contributed by atoms with Crippen molar-refractivity contribution in [2.75, 3.05) is 19.7 Å². The zero-order chi connectivity index (χ0) is 14.1. The molecule has 0 aromatic heterocycles. The van der Waals surface area contributed by atoms with E-state index in [1.54, 1.807) is 0 Å². The summed E-state index contributed by atoms with van der Waals surface area (Å²) in [6.07, 6.45) is -1.94. The van der Waals surface area contributed by atoms with E-state index in [0.29, 0.717) is 6.61 Å². The second-order valence-corrected chi connectivity index (χ2v) is 4.23. The summed E-state index contributed by atoms with van der Waals surface area (Å²) in [7, 11) is 0. The van der Waals surface area contributed by atoms with E-state index in [1.165, 1.54) is 0 Å². The van der Waals surface area contributed by atoms with Gasteiger partial charge in [-0.1, -0.05) is 30.3 Å². The molecule has 0 aliphatic rings. The highest BCUT2D eigenvalue weighted by molar-refractivity contribution is 5.78. The topological polar surface area (TPSA) is 105 Å². The Kier molecular flexibility index (Phi) is 7.06. The quantitative estimate of drug-likeness (QED) is 0.460. The van der Waals surface area contributed by atoms with Gasteiger partial charge in [0.25, 0.3) is 0 Å². The van der Waals surface area contributed by atoms with E-state index in [1.807, 2.05) is 30.3 Å². The highest BCUT2D eigenvalue weighted by atomic mass is 16.5. The Morgan fingerprint density at radius 3 is 2.58 bits per heavy atom. The summed E-state index contributed by atoms with van der Waals surface area (Å²) >= 11 is 0. The highest BCUT2D eigenvalue weighted by Crippen LogP contribution is 2.00. The summed E-state index contributed by atoms with van der Waals surface area (Å²) in [5.41, 5.74) is 5.92. The highest BCUT2D eigenvalue weighted by Gasteiger charge is 2.11. The number of ether oxygens (including phenoxy) is 1. The second kappa shape index (κ2) is 8.60. The van der Waals surface area contributed by atoms with Crippen LogP contribution in [0, 0.1) is 0 Å². The van der Waals surface area contributed by atoms with Gasteiger partial charge in [0.2, 0.25) is 5.91 Å². The predicted octanol–water partition coefficient (Wildman–Crippen LogP) is -1.00. The lowest BCUT2D eigenvalue weighted by Gasteiger charge is -2.13. The fraction of sp³-hybridized carbons (Fsp3) is 0.462. The van der Waals surface area contributed by atoms with E-state index in [4.69, 9.17) is 15.6 Å². The average Bonchev–Trinajstić information content (AvgIpc) is 2.39. The van der Waals surface area contributed by atoms with Gasteiger partial charge in [0.05, 0.1) is 19.3 Å². The van der Waals surface area contributed by atoms with Crippen molar-refractivity contribution in [3.63, 3.8) is 0 Å². The third-order valence-electron chi connectivity index (χ3n) is 2.47. The van der Waals surface area contributed by atoms with Gasteiger partial charge in [-0.25, -0.2) is 0 Å². The second-order valence-electron chi connectivity index (χ2n) is 4.23. The molecule has 6 nitrogen and oxygen atoms in total. The van der Waals surface area contributed by atoms with E-state index in [-0.39, 0.29) is 19.7 Å².